The van der Waals surface area contributed by atoms with Gasteiger partial charge in [-0.05, 0) is 42.5 Å². The summed E-state index contributed by atoms with van der Waals surface area (Å²) in [6, 6.07) is 12.0. The maximum absolute atomic E-state index is 12.1. The van der Waals surface area contributed by atoms with E-state index in [1.807, 2.05) is 42.6 Å². The Morgan fingerprint density at radius 2 is 2.00 bits per heavy atom. The predicted octanol–water partition coefficient (Wildman–Crippen LogP) is 3.62. The number of aliphatic imine (C=N–C) groups is 1. The number of rotatable bonds is 7. The van der Waals surface area contributed by atoms with Crippen molar-refractivity contribution in [1.82, 2.24) is 10.6 Å². The number of hydrogen-bond donors (Lipinski definition) is 3. The number of anilines is 1. The Morgan fingerprint density at radius 3 is 2.68 bits per heavy atom. The lowest BCUT2D eigenvalue weighted by Crippen LogP contribution is -2.37. The van der Waals surface area contributed by atoms with Crippen LogP contribution in [0.3, 0.4) is 0 Å². The van der Waals surface area contributed by atoms with Crippen LogP contribution >= 0.6 is 35.3 Å². The van der Waals surface area contributed by atoms with E-state index in [1.165, 1.54) is 10.4 Å². The molecule has 0 aliphatic rings. The fourth-order valence-corrected chi connectivity index (χ4v) is 2.79. The van der Waals surface area contributed by atoms with Gasteiger partial charge in [0.05, 0.1) is 6.54 Å². The lowest BCUT2D eigenvalue weighted by atomic mass is 10.1. The van der Waals surface area contributed by atoms with Crippen LogP contribution in [-0.2, 0) is 17.8 Å². The highest BCUT2D eigenvalue weighted by molar-refractivity contribution is 14.0. The number of amides is 1. The number of hydrogen-bond acceptors (Lipinski definition) is 3. The van der Waals surface area contributed by atoms with Crippen LogP contribution in [0.25, 0.3) is 0 Å². The molecule has 1 aromatic heterocycles. The van der Waals surface area contributed by atoms with Crippen LogP contribution in [0.5, 0.6) is 0 Å². The van der Waals surface area contributed by atoms with Crippen LogP contribution in [0.1, 0.15) is 24.3 Å². The second-order valence-corrected chi connectivity index (χ2v) is 6.26. The first-order chi connectivity index (χ1) is 11.7. The maximum Gasteiger partial charge on any atom is 0.246 e. The maximum atomic E-state index is 12.1. The number of aryl methyl sites for hydroxylation is 1. The summed E-state index contributed by atoms with van der Waals surface area (Å²) in [5.74, 6) is 0.514. The molecule has 0 radical (unpaired) electrons. The van der Waals surface area contributed by atoms with Gasteiger partial charge < -0.3 is 16.0 Å². The number of carbonyl (C=O) groups is 1. The van der Waals surface area contributed by atoms with E-state index in [9.17, 15) is 4.79 Å². The summed E-state index contributed by atoms with van der Waals surface area (Å²) in [7, 11) is 0. The van der Waals surface area contributed by atoms with Gasteiger partial charge in [0.2, 0.25) is 5.91 Å². The Kier molecular flexibility index (Phi) is 10.2. The summed E-state index contributed by atoms with van der Waals surface area (Å²) in [6.45, 7) is 5.61. The van der Waals surface area contributed by atoms with Gasteiger partial charge in [-0.2, -0.15) is 0 Å². The fourth-order valence-electron chi connectivity index (χ4n) is 2.15. The number of carbonyl (C=O) groups excluding carboxylic acids is 1. The van der Waals surface area contributed by atoms with Gasteiger partial charge in [-0.25, -0.2) is 4.99 Å². The summed E-state index contributed by atoms with van der Waals surface area (Å²) < 4.78 is 0. The topological polar surface area (TPSA) is 65.5 Å². The van der Waals surface area contributed by atoms with E-state index in [0.29, 0.717) is 12.5 Å². The van der Waals surface area contributed by atoms with Crippen LogP contribution in [0.2, 0.25) is 0 Å². The first-order valence-electron chi connectivity index (χ1n) is 8.14. The summed E-state index contributed by atoms with van der Waals surface area (Å²) in [5.41, 5.74) is 2.01. The average molecular weight is 472 g/mol. The smallest absolute Gasteiger partial charge is 0.246 e. The number of halogens is 1. The van der Waals surface area contributed by atoms with Crippen LogP contribution in [0.15, 0.2) is 46.8 Å². The Labute approximate surface area is 170 Å². The average Bonchev–Trinajstić information content (AvgIpc) is 3.11. The molecular weight excluding hydrogens is 447 g/mol. The first kappa shape index (κ1) is 21.4. The third kappa shape index (κ3) is 7.87. The lowest BCUT2D eigenvalue weighted by Gasteiger charge is -2.10. The molecule has 0 saturated carbocycles. The first-order valence-corrected chi connectivity index (χ1v) is 9.02. The SMILES string of the molecule is CCNC(=NCC(=O)Nc1cccc(CC)c1)NCc1cccs1.I. The van der Waals surface area contributed by atoms with Crippen molar-refractivity contribution in [3.63, 3.8) is 0 Å². The molecule has 0 bridgehead atoms. The molecule has 0 aliphatic heterocycles. The molecule has 3 N–H and O–H groups in total. The van der Waals surface area contributed by atoms with Gasteiger partial charge >= 0.3 is 0 Å². The molecule has 1 heterocycles. The van der Waals surface area contributed by atoms with Crippen LogP contribution < -0.4 is 16.0 Å². The third-order valence-corrected chi connectivity index (χ3v) is 4.23. The standard InChI is InChI=1S/C18H24N4OS.HI/c1-3-14-7-5-8-15(11-14)22-17(23)13-21-18(19-4-2)20-12-16-9-6-10-24-16;/h5-11H,3-4,12-13H2,1-2H3,(H,22,23)(H2,19,20,21);1H. The van der Waals surface area contributed by atoms with E-state index in [-0.39, 0.29) is 36.4 Å². The molecule has 7 heteroatoms. The van der Waals surface area contributed by atoms with Crippen molar-refractivity contribution in [3.05, 3.63) is 52.2 Å². The molecule has 136 valence electrons. The van der Waals surface area contributed by atoms with Crippen LogP contribution in [-0.4, -0.2) is 25.0 Å². The number of benzene rings is 1. The molecule has 2 aromatic rings. The van der Waals surface area contributed by atoms with Crippen molar-refractivity contribution in [2.75, 3.05) is 18.4 Å². The number of nitrogens with one attached hydrogen (secondary N) is 3. The molecule has 25 heavy (non-hydrogen) atoms. The van der Waals surface area contributed by atoms with E-state index in [0.717, 1.165) is 18.7 Å². The molecule has 0 fully saturated rings. The van der Waals surface area contributed by atoms with E-state index in [1.54, 1.807) is 11.3 Å². The van der Waals surface area contributed by atoms with Crippen LogP contribution in [0, 0.1) is 0 Å². The Morgan fingerprint density at radius 1 is 1.16 bits per heavy atom. The Hall–Kier alpha value is -1.61. The molecule has 0 aliphatic carbocycles. The van der Waals surface area contributed by atoms with Crippen LogP contribution in [0.4, 0.5) is 5.69 Å². The highest BCUT2D eigenvalue weighted by Crippen LogP contribution is 2.11. The van der Waals surface area contributed by atoms with Gasteiger partial charge in [-0.1, -0.05) is 25.1 Å². The zero-order valence-electron chi connectivity index (χ0n) is 14.5. The molecule has 1 amide bonds. The molecule has 1 aromatic carbocycles. The second kappa shape index (κ2) is 11.9. The fraction of sp³-hybridized carbons (Fsp3) is 0.333. The minimum Gasteiger partial charge on any atom is -0.357 e. The summed E-state index contributed by atoms with van der Waals surface area (Å²) in [4.78, 5) is 17.6. The minimum absolute atomic E-state index is 0. The molecule has 5 nitrogen and oxygen atoms in total. The summed E-state index contributed by atoms with van der Waals surface area (Å²) in [5, 5.41) is 11.3. The quantitative estimate of drug-likeness (QED) is 0.328. The molecule has 0 spiro atoms. The monoisotopic (exact) mass is 472 g/mol. The largest absolute Gasteiger partial charge is 0.357 e. The van der Waals surface area contributed by atoms with Crippen molar-refractivity contribution in [3.8, 4) is 0 Å². The molecule has 0 saturated heterocycles. The van der Waals surface area contributed by atoms with Gasteiger partial charge in [0, 0.05) is 17.1 Å². The summed E-state index contributed by atoms with van der Waals surface area (Å²) >= 11 is 1.69. The predicted molar refractivity (Wildman–Crippen MR) is 117 cm³/mol. The molecular formula is C18H25IN4OS. The van der Waals surface area contributed by atoms with E-state index >= 15 is 0 Å². The van der Waals surface area contributed by atoms with Gasteiger partial charge in [0.1, 0.15) is 6.54 Å². The van der Waals surface area contributed by atoms with Crippen molar-refractivity contribution < 1.29 is 4.79 Å². The minimum atomic E-state index is -0.128. The van der Waals surface area contributed by atoms with Gasteiger partial charge in [-0.3, -0.25) is 4.79 Å². The molecule has 0 atom stereocenters. The van der Waals surface area contributed by atoms with Crippen molar-refractivity contribution in [1.29, 1.82) is 0 Å². The van der Waals surface area contributed by atoms with Gasteiger partial charge in [-0.15, -0.1) is 35.3 Å². The molecule has 2 rings (SSSR count). The zero-order valence-corrected chi connectivity index (χ0v) is 17.7. The van der Waals surface area contributed by atoms with Gasteiger partial charge in [0.25, 0.3) is 0 Å². The Balaban J connectivity index is 0.00000312. The number of nitrogens with zero attached hydrogens (tertiary/aromatic N) is 1. The molecule has 0 unspecified atom stereocenters. The zero-order chi connectivity index (χ0) is 17.2. The number of guanidine groups is 1. The normalized spacial score (nSPS) is 10.7. The highest BCUT2D eigenvalue weighted by Gasteiger charge is 2.04. The lowest BCUT2D eigenvalue weighted by molar-refractivity contribution is -0.114. The van der Waals surface area contributed by atoms with E-state index < -0.39 is 0 Å². The second-order valence-electron chi connectivity index (χ2n) is 5.23. The van der Waals surface area contributed by atoms with Crippen molar-refractivity contribution in [2.24, 2.45) is 4.99 Å². The summed E-state index contributed by atoms with van der Waals surface area (Å²) in [6.07, 6.45) is 0.944. The van der Waals surface area contributed by atoms with E-state index in [4.69, 9.17) is 0 Å². The number of thiophene rings is 1. The third-order valence-electron chi connectivity index (χ3n) is 3.35. The van der Waals surface area contributed by atoms with Crippen molar-refractivity contribution in [2.45, 2.75) is 26.8 Å². The Bertz CT molecular complexity index is 673. The highest BCUT2D eigenvalue weighted by atomic mass is 127. The van der Waals surface area contributed by atoms with Gasteiger partial charge in [0.15, 0.2) is 5.96 Å². The van der Waals surface area contributed by atoms with E-state index in [2.05, 4.69) is 33.9 Å². The van der Waals surface area contributed by atoms with Crippen molar-refractivity contribution >= 4 is 52.9 Å².